The van der Waals surface area contributed by atoms with Gasteiger partial charge in [0, 0.05) is 22.7 Å². The summed E-state index contributed by atoms with van der Waals surface area (Å²) < 4.78 is 1.09. The van der Waals surface area contributed by atoms with E-state index in [1.165, 1.54) is 11.3 Å². The van der Waals surface area contributed by atoms with Gasteiger partial charge in [-0.3, -0.25) is 0 Å². The molecule has 2 rings (SSSR count). The monoisotopic (exact) mass is 340 g/mol. The molecule has 1 heterocycles. The van der Waals surface area contributed by atoms with Gasteiger partial charge in [0.25, 0.3) is 0 Å². The van der Waals surface area contributed by atoms with Gasteiger partial charge in [-0.05, 0) is 43.5 Å². The molecule has 0 aromatic heterocycles. The number of benzene rings is 1. The van der Waals surface area contributed by atoms with Gasteiger partial charge in [-0.1, -0.05) is 35.8 Å². The Balaban J connectivity index is 2.36. The predicted molar refractivity (Wildman–Crippen MR) is 88.2 cm³/mol. The van der Waals surface area contributed by atoms with Crippen LogP contribution in [0.15, 0.2) is 22.7 Å². The lowest BCUT2D eigenvalue weighted by atomic mass is 10.0. The van der Waals surface area contributed by atoms with Crippen LogP contribution < -0.4 is 10.2 Å². The number of hydrogen-bond donors (Lipinski definition) is 2. The highest BCUT2D eigenvalue weighted by Gasteiger charge is 2.32. The molecule has 2 N–H and O–H groups in total. The number of rotatable bonds is 5. The van der Waals surface area contributed by atoms with Gasteiger partial charge in [0.2, 0.25) is 0 Å². The molecule has 0 bridgehead atoms. The van der Waals surface area contributed by atoms with Gasteiger partial charge in [0.15, 0.2) is 0 Å². The maximum absolute atomic E-state index is 9.70. The highest BCUT2D eigenvalue weighted by molar-refractivity contribution is 9.10. The first kappa shape index (κ1) is 15.8. The Kier molecular flexibility index (Phi) is 5.47. The Morgan fingerprint density at radius 2 is 2.25 bits per heavy atom. The van der Waals surface area contributed by atoms with E-state index in [0.29, 0.717) is 12.0 Å². The Hall–Kier alpha value is -0.580. The van der Waals surface area contributed by atoms with Crippen molar-refractivity contribution in [2.24, 2.45) is 5.92 Å². The van der Waals surface area contributed by atoms with E-state index < -0.39 is 0 Å². The van der Waals surface area contributed by atoms with Crippen LogP contribution in [0, 0.1) is 5.92 Å². The zero-order chi connectivity index (χ0) is 14.7. The highest BCUT2D eigenvalue weighted by Crippen LogP contribution is 2.36. The van der Waals surface area contributed by atoms with Crippen molar-refractivity contribution in [3.63, 3.8) is 0 Å². The van der Waals surface area contributed by atoms with E-state index in [9.17, 15) is 5.11 Å². The Morgan fingerprint density at radius 3 is 2.90 bits per heavy atom. The third-order valence-corrected chi connectivity index (χ3v) is 4.84. The molecule has 1 aromatic carbocycles. The van der Waals surface area contributed by atoms with E-state index in [1.807, 2.05) is 0 Å². The minimum Gasteiger partial charge on any atom is -0.394 e. The van der Waals surface area contributed by atoms with Gasteiger partial charge >= 0.3 is 0 Å². The number of nitrogens with one attached hydrogen (secondary N) is 1. The molecule has 1 saturated heterocycles. The van der Waals surface area contributed by atoms with E-state index >= 15 is 0 Å². The van der Waals surface area contributed by atoms with Crippen molar-refractivity contribution in [2.75, 3.05) is 24.6 Å². The summed E-state index contributed by atoms with van der Waals surface area (Å²) >= 11 is 3.58. The summed E-state index contributed by atoms with van der Waals surface area (Å²) in [6, 6.07) is 7.02. The zero-order valence-electron chi connectivity index (χ0n) is 12.6. The molecule has 0 amide bonds. The largest absolute Gasteiger partial charge is 0.394 e. The Bertz CT molecular complexity index is 452. The number of aliphatic hydroxyl groups is 1. The standard InChI is InChI=1S/C16H25BrN2O/c1-4-18-12(3)14-6-5-13(17)9-15(14)19-8-7-11(2)16(19)10-20/h5-6,9,11-12,16,18,20H,4,7-8,10H2,1-3H3. The Labute approximate surface area is 130 Å². The second-order valence-corrected chi connectivity index (χ2v) is 6.61. The molecule has 1 fully saturated rings. The van der Waals surface area contributed by atoms with Crippen LogP contribution in [0.25, 0.3) is 0 Å². The fraction of sp³-hybridized carbons (Fsp3) is 0.625. The van der Waals surface area contributed by atoms with Gasteiger partial charge in [-0.25, -0.2) is 0 Å². The maximum Gasteiger partial charge on any atom is 0.0637 e. The van der Waals surface area contributed by atoms with Gasteiger partial charge in [0.1, 0.15) is 0 Å². The van der Waals surface area contributed by atoms with Crippen molar-refractivity contribution < 1.29 is 5.11 Å². The summed E-state index contributed by atoms with van der Waals surface area (Å²) in [5, 5.41) is 13.2. The van der Waals surface area contributed by atoms with Crippen LogP contribution in [0.1, 0.15) is 38.8 Å². The number of nitrogens with zero attached hydrogens (tertiary/aromatic N) is 1. The van der Waals surface area contributed by atoms with Crippen LogP contribution in [0.3, 0.4) is 0 Å². The molecule has 112 valence electrons. The normalized spacial score (nSPS) is 24.1. The first-order valence-corrected chi connectivity index (χ1v) is 8.28. The van der Waals surface area contributed by atoms with Crippen molar-refractivity contribution in [2.45, 2.75) is 39.3 Å². The van der Waals surface area contributed by atoms with E-state index in [4.69, 9.17) is 0 Å². The summed E-state index contributed by atoms with van der Waals surface area (Å²) in [7, 11) is 0. The van der Waals surface area contributed by atoms with Gasteiger partial charge in [0.05, 0.1) is 12.6 Å². The lowest BCUT2D eigenvalue weighted by Gasteiger charge is -2.31. The van der Waals surface area contributed by atoms with Crippen molar-refractivity contribution in [3.05, 3.63) is 28.2 Å². The summed E-state index contributed by atoms with van der Waals surface area (Å²) in [6.07, 6.45) is 1.15. The maximum atomic E-state index is 9.70. The highest BCUT2D eigenvalue weighted by atomic mass is 79.9. The molecule has 0 aliphatic carbocycles. The van der Waals surface area contributed by atoms with Gasteiger partial charge in [-0.2, -0.15) is 0 Å². The predicted octanol–water partition coefficient (Wildman–Crippen LogP) is 3.33. The molecule has 1 aromatic rings. The summed E-state index contributed by atoms with van der Waals surface area (Å²) in [6.45, 7) is 8.76. The molecule has 3 atom stereocenters. The summed E-state index contributed by atoms with van der Waals surface area (Å²) in [5.74, 6) is 0.543. The Morgan fingerprint density at radius 1 is 1.50 bits per heavy atom. The van der Waals surface area contributed by atoms with Gasteiger partial charge in [-0.15, -0.1) is 0 Å². The van der Waals surface area contributed by atoms with Crippen LogP contribution in [0.2, 0.25) is 0 Å². The molecule has 3 nitrogen and oxygen atoms in total. The average Bonchev–Trinajstić information content (AvgIpc) is 2.79. The molecule has 1 aliphatic rings. The minimum atomic E-state index is 0.225. The summed E-state index contributed by atoms with van der Waals surface area (Å²) in [4.78, 5) is 2.37. The van der Waals surface area contributed by atoms with E-state index in [1.54, 1.807) is 0 Å². The molecule has 20 heavy (non-hydrogen) atoms. The van der Waals surface area contributed by atoms with Gasteiger partial charge < -0.3 is 15.3 Å². The first-order valence-electron chi connectivity index (χ1n) is 7.48. The second-order valence-electron chi connectivity index (χ2n) is 5.69. The molecule has 1 aliphatic heterocycles. The molecular weight excluding hydrogens is 316 g/mol. The second kappa shape index (κ2) is 6.92. The smallest absolute Gasteiger partial charge is 0.0637 e. The minimum absolute atomic E-state index is 0.225. The number of hydrogen-bond acceptors (Lipinski definition) is 3. The van der Waals surface area contributed by atoms with Crippen LogP contribution in [-0.4, -0.2) is 30.8 Å². The average molecular weight is 341 g/mol. The topological polar surface area (TPSA) is 35.5 Å². The van der Waals surface area contributed by atoms with E-state index in [-0.39, 0.29) is 12.6 Å². The van der Waals surface area contributed by atoms with E-state index in [2.05, 4.69) is 65.1 Å². The fourth-order valence-electron chi connectivity index (χ4n) is 3.13. The van der Waals surface area contributed by atoms with E-state index in [0.717, 1.165) is 24.0 Å². The number of halogens is 1. The molecule has 4 heteroatoms. The molecule has 0 spiro atoms. The molecule has 3 unspecified atom stereocenters. The third-order valence-electron chi connectivity index (χ3n) is 4.35. The van der Waals surface area contributed by atoms with Crippen molar-refractivity contribution in [1.82, 2.24) is 5.32 Å². The number of anilines is 1. The molecular formula is C16H25BrN2O. The molecule has 0 radical (unpaired) electrons. The number of aliphatic hydroxyl groups excluding tert-OH is 1. The third kappa shape index (κ3) is 3.18. The SMILES string of the molecule is CCNC(C)c1ccc(Br)cc1N1CCC(C)C1CO. The quantitative estimate of drug-likeness (QED) is 0.862. The molecule has 0 saturated carbocycles. The van der Waals surface area contributed by atoms with Crippen molar-refractivity contribution in [1.29, 1.82) is 0 Å². The van der Waals surface area contributed by atoms with Crippen molar-refractivity contribution in [3.8, 4) is 0 Å². The van der Waals surface area contributed by atoms with Crippen LogP contribution in [-0.2, 0) is 0 Å². The zero-order valence-corrected chi connectivity index (χ0v) is 14.2. The van der Waals surface area contributed by atoms with Crippen LogP contribution in [0.4, 0.5) is 5.69 Å². The lowest BCUT2D eigenvalue weighted by Crippen LogP contribution is -2.36. The van der Waals surface area contributed by atoms with Crippen LogP contribution in [0.5, 0.6) is 0 Å². The summed E-state index contributed by atoms with van der Waals surface area (Å²) in [5.41, 5.74) is 2.55. The fourth-order valence-corrected chi connectivity index (χ4v) is 3.48. The van der Waals surface area contributed by atoms with Crippen LogP contribution >= 0.6 is 15.9 Å². The first-order chi connectivity index (χ1) is 9.58. The lowest BCUT2D eigenvalue weighted by molar-refractivity contribution is 0.244. The van der Waals surface area contributed by atoms with Crippen molar-refractivity contribution >= 4 is 21.6 Å².